The lowest BCUT2D eigenvalue weighted by atomic mass is 10.1. The van der Waals surface area contributed by atoms with Crippen LogP contribution in [0.25, 0.3) is 20.8 Å². The molecule has 1 fully saturated rings. The number of sulfonamides is 1. The van der Waals surface area contributed by atoms with Crippen LogP contribution in [0, 0.1) is 13.8 Å². The maximum atomic E-state index is 13.1. The second-order valence-corrected chi connectivity index (χ2v) is 12.6. The van der Waals surface area contributed by atoms with Gasteiger partial charge in [0.2, 0.25) is 10.0 Å². The van der Waals surface area contributed by atoms with Crippen molar-refractivity contribution in [1.82, 2.24) is 9.29 Å². The lowest BCUT2D eigenvalue weighted by molar-refractivity contribution is 0.102. The van der Waals surface area contributed by atoms with Crippen molar-refractivity contribution in [3.05, 3.63) is 64.5 Å². The highest BCUT2D eigenvalue weighted by Gasteiger charge is 2.26. The van der Waals surface area contributed by atoms with E-state index in [0.29, 0.717) is 18.7 Å². The van der Waals surface area contributed by atoms with Crippen LogP contribution >= 0.6 is 22.7 Å². The summed E-state index contributed by atoms with van der Waals surface area (Å²) in [6, 6.07) is 14.2. The molecule has 34 heavy (non-hydrogen) atoms. The van der Waals surface area contributed by atoms with Crippen molar-refractivity contribution in [1.29, 1.82) is 0 Å². The Balaban J connectivity index is 1.40. The van der Waals surface area contributed by atoms with Crippen molar-refractivity contribution in [3.63, 3.8) is 0 Å². The van der Waals surface area contributed by atoms with E-state index in [9.17, 15) is 13.2 Å². The Morgan fingerprint density at radius 2 is 1.68 bits per heavy atom. The standard InChI is InChI=1S/C25H25N3O3S3/c1-16-17(2)32-25(22(16)24-26-20-8-4-5-9-21(20)33-24)27-23(29)18-10-12-19(13-11-18)34(30,31)28-14-6-3-7-15-28/h4-5,8-13H,3,6-7,14-15H2,1-2H3,(H,27,29). The van der Waals surface area contributed by atoms with Gasteiger partial charge in [0.25, 0.3) is 5.91 Å². The number of carbonyl (C=O) groups is 1. The first-order chi connectivity index (χ1) is 16.3. The average molecular weight is 512 g/mol. The van der Waals surface area contributed by atoms with Crippen molar-refractivity contribution in [2.75, 3.05) is 18.4 Å². The number of carbonyl (C=O) groups excluding carboxylic acids is 1. The van der Waals surface area contributed by atoms with Crippen LogP contribution in [-0.2, 0) is 10.0 Å². The van der Waals surface area contributed by atoms with Crippen LogP contribution in [0.2, 0.25) is 0 Å². The second-order valence-electron chi connectivity index (χ2n) is 8.42. The number of amides is 1. The van der Waals surface area contributed by atoms with Crippen molar-refractivity contribution < 1.29 is 13.2 Å². The fourth-order valence-electron chi connectivity index (χ4n) is 4.16. The van der Waals surface area contributed by atoms with Crippen LogP contribution in [0.3, 0.4) is 0 Å². The molecular weight excluding hydrogens is 486 g/mol. The molecule has 1 N–H and O–H groups in total. The molecule has 0 atom stereocenters. The molecule has 0 radical (unpaired) electrons. The number of aryl methyl sites for hydroxylation is 1. The summed E-state index contributed by atoms with van der Waals surface area (Å²) < 4.78 is 28.4. The van der Waals surface area contributed by atoms with E-state index >= 15 is 0 Å². The van der Waals surface area contributed by atoms with Crippen LogP contribution in [-0.4, -0.2) is 36.7 Å². The number of benzene rings is 2. The van der Waals surface area contributed by atoms with Crippen LogP contribution in [0.4, 0.5) is 5.00 Å². The number of rotatable bonds is 5. The van der Waals surface area contributed by atoms with Crippen molar-refractivity contribution in [3.8, 4) is 10.6 Å². The van der Waals surface area contributed by atoms with E-state index in [1.165, 1.54) is 27.8 Å². The van der Waals surface area contributed by atoms with Gasteiger partial charge in [-0.3, -0.25) is 4.79 Å². The zero-order valence-corrected chi connectivity index (χ0v) is 21.4. The molecule has 176 valence electrons. The van der Waals surface area contributed by atoms with E-state index < -0.39 is 10.0 Å². The third kappa shape index (κ3) is 4.29. The summed E-state index contributed by atoms with van der Waals surface area (Å²) in [4.78, 5) is 19.2. The van der Waals surface area contributed by atoms with Gasteiger partial charge in [-0.1, -0.05) is 18.6 Å². The molecule has 2 aromatic carbocycles. The zero-order valence-electron chi connectivity index (χ0n) is 19.0. The van der Waals surface area contributed by atoms with E-state index in [1.807, 2.05) is 38.1 Å². The summed E-state index contributed by atoms with van der Waals surface area (Å²) >= 11 is 3.13. The maximum absolute atomic E-state index is 13.1. The van der Waals surface area contributed by atoms with Crippen molar-refractivity contribution >= 4 is 53.8 Å². The highest BCUT2D eigenvalue weighted by molar-refractivity contribution is 7.89. The first kappa shape index (κ1) is 23.2. The van der Waals surface area contributed by atoms with Crippen molar-refractivity contribution in [2.45, 2.75) is 38.0 Å². The third-order valence-corrected chi connectivity index (χ3v) is 10.3. The summed E-state index contributed by atoms with van der Waals surface area (Å²) in [7, 11) is -3.52. The number of anilines is 1. The molecule has 1 aliphatic heterocycles. The molecule has 0 unspecified atom stereocenters. The van der Waals surface area contributed by atoms with Gasteiger partial charge < -0.3 is 5.32 Å². The first-order valence-electron chi connectivity index (χ1n) is 11.2. The summed E-state index contributed by atoms with van der Waals surface area (Å²) in [5, 5.41) is 4.67. The summed E-state index contributed by atoms with van der Waals surface area (Å²) in [6.45, 7) is 5.18. The number of nitrogens with one attached hydrogen (secondary N) is 1. The maximum Gasteiger partial charge on any atom is 0.256 e. The Kier molecular flexibility index (Phi) is 6.28. The SMILES string of the molecule is Cc1sc(NC(=O)c2ccc(S(=O)(=O)N3CCCCC3)cc2)c(-c2nc3ccccc3s2)c1C. The minimum absolute atomic E-state index is 0.226. The number of aromatic nitrogens is 1. The average Bonchev–Trinajstić information content (AvgIpc) is 3.39. The molecule has 1 amide bonds. The molecule has 0 saturated carbocycles. The fraction of sp³-hybridized carbons (Fsp3) is 0.280. The first-order valence-corrected chi connectivity index (χ1v) is 14.3. The second kappa shape index (κ2) is 9.22. The monoisotopic (exact) mass is 511 g/mol. The van der Waals surface area contributed by atoms with Gasteiger partial charge in [-0.25, -0.2) is 13.4 Å². The number of para-hydroxylation sites is 1. The Bertz CT molecular complexity index is 1430. The minimum atomic E-state index is -3.52. The lowest BCUT2D eigenvalue weighted by Gasteiger charge is -2.25. The highest BCUT2D eigenvalue weighted by Crippen LogP contribution is 2.43. The largest absolute Gasteiger partial charge is 0.313 e. The molecule has 3 heterocycles. The van der Waals surface area contributed by atoms with Gasteiger partial charge in [-0.05, 0) is 68.7 Å². The number of thiazole rings is 1. The van der Waals surface area contributed by atoms with Gasteiger partial charge in [-0.2, -0.15) is 4.31 Å². The van der Waals surface area contributed by atoms with Gasteiger partial charge in [-0.15, -0.1) is 22.7 Å². The molecular formula is C25H25N3O3S3. The number of piperidine rings is 1. The van der Waals surface area contributed by atoms with Crippen LogP contribution in [0.1, 0.15) is 40.1 Å². The smallest absolute Gasteiger partial charge is 0.256 e. The van der Waals surface area contributed by atoms with E-state index in [2.05, 4.69) is 5.32 Å². The third-order valence-electron chi connectivity index (χ3n) is 6.19. The molecule has 0 bridgehead atoms. The predicted molar refractivity (Wildman–Crippen MR) is 139 cm³/mol. The molecule has 0 aliphatic carbocycles. The minimum Gasteiger partial charge on any atom is -0.313 e. The molecule has 5 rings (SSSR count). The van der Waals surface area contributed by atoms with Gasteiger partial charge >= 0.3 is 0 Å². The number of hydrogen-bond acceptors (Lipinski definition) is 6. The topological polar surface area (TPSA) is 79.4 Å². The quantitative estimate of drug-likeness (QED) is 0.353. The highest BCUT2D eigenvalue weighted by atomic mass is 32.2. The van der Waals surface area contributed by atoms with E-state index in [-0.39, 0.29) is 10.8 Å². The Morgan fingerprint density at radius 1 is 0.971 bits per heavy atom. The van der Waals surface area contributed by atoms with E-state index in [1.54, 1.807) is 23.5 Å². The van der Waals surface area contributed by atoms with Crippen LogP contribution in [0.15, 0.2) is 53.4 Å². The molecule has 6 nitrogen and oxygen atoms in total. The Morgan fingerprint density at radius 3 is 2.38 bits per heavy atom. The van der Waals surface area contributed by atoms with Gasteiger partial charge in [0.05, 0.1) is 15.1 Å². The van der Waals surface area contributed by atoms with Gasteiger partial charge in [0.1, 0.15) is 10.0 Å². The number of fused-ring (bicyclic) bond motifs is 1. The normalized spacial score (nSPS) is 15.0. The predicted octanol–water partition coefficient (Wildman–Crippen LogP) is 6.07. The zero-order chi connectivity index (χ0) is 23.9. The number of nitrogens with zero attached hydrogens (tertiary/aromatic N) is 2. The number of hydrogen-bond donors (Lipinski definition) is 1. The fourth-order valence-corrected chi connectivity index (χ4v) is 7.87. The van der Waals surface area contributed by atoms with Crippen LogP contribution in [0.5, 0.6) is 0 Å². The van der Waals surface area contributed by atoms with Gasteiger partial charge in [0.15, 0.2) is 0 Å². The Labute approximate surface area is 207 Å². The summed E-state index contributed by atoms with van der Waals surface area (Å²) in [5.74, 6) is -0.273. The lowest BCUT2D eigenvalue weighted by Crippen LogP contribution is -2.35. The van der Waals surface area contributed by atoms with Crippen LogP contribution < -0.4 is 5.32 Å². The van der Waals surface area contributed by atoms with E-state index in [0.717, 1.165) is 55.5 Å². The molecule has 9 heteroatoms. The molecule has 2 aromatic heterocycles. The van der Waals surface area contributed by atoms with Crippen molar-refractivity contribution in [2.24, 2.45) is 0 Å². The van der Waals surface area contributed by atoms with Gasteiger partial charge in [0, 0.05) is 29.1 Å². The van der Waals surface area contributed by atoms with E-state index in [4.69, 9.17) is 4.98 Å². The summed E-state index contributed by atoms with van der Waals surface area (Å²) in [5.41, 5.74) is 3.40. The molecule has 1 saturated heterocycles. The molecule has 0 spiro atoms. The molecule has 4 aromatic rings. The molecule has 1 aliphatic rings. The Hall–Kier alpha value is -2.59. The summed E-state index contributed by atoms with van der Waals surface area (Å²) in [6.07, 6.45) is 2.83. The number of thiophene rings is 1.